The zero-order chi connectivity index (χ0) is 15.0. The summed E-state index contributed by atoms with van der Waals surface area (Å²) in [5, 5.41) is 10.7. The van der Waals surface area contributed by atoms with E-state index in [-0.39, 0.29) is 15.8 Å². The van der Waals surface area contributed by atoms with E-state index in [0.717, 1.165) is 37.0 Å². The molecule has 0 aromatic carbocycles. The van der Waals surface area contributed by atoms with Gasteiger partial charge in [0.15, 0.2) is 0 Å². The van der Waals surface area contributed by atoms with Crippen LogP contribution >= 0.6 is 11.3 Å². The maximum atomic E-state index is 12.9. The van der Waals surface area contributed by atoms with Crippen molar-refractivity contribution in [3.63, 3.8) is 0 Å². The lowest BCUT2D eigenvalue weighted by Crippen LogP contribution is -2.39. The highest BCUT2D eigenvalue weighted by Crippen LogP contribution is 2.39. The van der Waals surface area contributed by atoms with Crippen molar-refractivity contribution in [1.29, 1.82) is 0 Å². The Morgan fingerprint density at radius 1 is 1.24 bits per heavy atom. The highest BCUT2D eigenvalue weighted by atomic mass is 32.2. The number of carboxylic acid groups (broad SMARTS) is 1. The molecule has 2 heterocycles. The Labute approximate surface area is 128 Å². The molecule has 1 saturated carbocycles. The fourth-order valence-electron chi connectivity index (χ4n) is 3.66. The third-order valence-corrected chi connectivity index (χ3v) is 7.60. The minimum absolute atomic E-state index is 0.0371. The van der Waals surface area contributed by atoms with Crippen molar-refractivity contribution in [2.45, 2.75) is 49.5 Å². The second kappa shape index (κ2) is 5.70. The molecule has 2 fully saturated rings. The standard InChI is InChI=1S/C14H19NO4S2/c16-14(17)13-12(7-9-20-13)21(18,19)15-8-3-6-11(15)10-4-1-2-5-10/h7,9-11H,1-6,8H2,(H,16,17). The summed E-state index contributed by atoms with van der Waals surface area (Å²) in [7, 11) is -3.69. The van der Waals surface area contributed by atoms with Crippen molar-refractivity contribution in [2.75, 3.05) is 6.54 Å². The molecule has 0 spiro atoms. The molecule has 0 bridgehead atoms. The largest absolute Gasteiger partial charge is 0.477 e. The second-order valence-corrected chi connectivity index (χ2v) is 8.56. The molecule has 1 aromatic rings. The topological polar surface area (TPSA) is 74.7 Å². The van der Waals surface area contributed by atoms with Crippen LogP contribution < -0.4 is 0 Å². The van der Waals surface area contributed by atoms with E-state index in [1.807, 2.05) is 0 Å². The van der Waals surface area contributed by atoms with Crippen LogP contribution in [0.5, 0.6) is 0 Å². The van der Waals surface area contributed by atoms with Gasteiger partial charge in [0.05, 0.1) is 0 Å². The fraction of sp³-hybridized carbons (Fsp3) is 0.643. The summed E-state index contributed by atoms with van der Waals surface area (Å²) in [6, 6.07) is 1.48. The minimum Gasteiger partial charge on any atom is -0.477 e. The number of sulfonamides is 1. The molecule has 3 rings (SSSR count). The molecule has 116 valence electrons. The number of carboxylic acids is 1. The maximum Gasteiger partial charge on any atom is 0.347 e. The lowest BCUT2D eigenvalue weighted by Gasteiger charge is -2.28. The van der Waals surface area contributed by atoms with Crippen LogP contribution in [0.25, 0.3) is 0 Å². The zero-order valence-electron chi connectivity index (χ0n) is 11.7. The van der Waals surface area contributed by atoms with Gasteiger partial charge in [-0.05, 0) is 43.0 Å². The van der Waals surface area contributed by atoms with Gasteiger partial charge in [0.1, 0.15) is 9.77 Å². The monoisotopic (exact) mass is 329 g/mol. The summed E-state index contributed by atoms with van der Waals surface area (Å²) in [5.74, 6) is -0.727. The number of hydrogen-bond acceptors (Lipinski definition) is 4. The number of hydrogen-bond donors (Lipinski definition) is 1. The zero-order valence-corrected chi connectivity index (χ0v) is 13.3. The van der Waals surface area contributed by atoms with Gasteiger partial charge in [0.2, 0.25) is 10.0 Å². The summed E-state index contributed by atoms with van der Waals surface area (Å²) < 4.78 is 27.3. The molecule has 1 aliphatic heterocycles. The molecule has 21 heavy (non-hydrogen) atoms. The van der Waals surface area contributed by atoms with E-state index in [2.05, 4.69) is 0 Å². The molecule has 1 N–H and O–H groups in total. The molecule has 1 aromatic heterocycles. The second-order valence-electron chi connectivity index (χ2n) is 5.79. The lowest BCUT2D eigenvalue weighted by atomic mass is 9.97. The van der Waals surface area contributed by atoms with Crippen LogP contribution in [0.3, 0.4) is 0 Å². The predicted octanol–water partition coefficient (Wildman–Crippen LogP) is 2.79. The average molecular weight is 329 g/mol. The van der Waals surface area contributed by atoms with Gasteiger partial charge >= 0.3 is 5.97 Å². The van der Waals surface area contributed by atoms with Crippen molar-refractivity contribution in [3.8, 4) is 0 Å². The Morgan fingerprint density at radius 3 is 2.62 bits per heavy atom. The SMILES string of the molecule is O=C(O)c1sccc1S(=O)(=O)N1CCCC1C1CCCC1. The van der Waals surface area contributed by atoms with Gasteiger partial charge in [-0.1, -0.05) is 12.8 Å². The number of aromatic carboxylic acids is 1. The van der Waals surface area contributed by atoms with Crippen molar-refractivity contribution in [1.82, 2.24) is 4.31 Å². The smallest absolute Gasteiger partial charge is 0.347 e. The number of nitrogens with zero attached hydrogens (tertiary/aromatic N) is 1. The van der Waals surface area contributed by atoms with Gasteiger partial charge in [0.25, 0.3) is 0 Å². The average Bonchev–Trinajstić information content (AvgIpc) is 3.18. The number of carbonyl (C=O) groups is 1. The van der Waals surface area contributed by atoms with Crippen LogP contribution in [-0.2, 0) is 10.0 Å². The Hall–Kier alpha value is -0.920. The Kier molecular flexibility index (Phi) is 4.07. The van der Waals surface area contributed by atoms with Gasteiger partial charge in [-0.25, -0.2) is 13.2 Å². The molecule has 7 heteroatoms. The van der Waals surface area contributed by atoms with Crippen LogP contribution in [0.2, 0.25) is 0 Å². The molecule has 1 atom stereocenters. The van der Waals surface area contributed by atoms with Crippen LogP contribution in [0.1, 0.15) is 48.2 Å². The highest BCUT2D eigenvalue weighted by Gasteiger charge is 2.41. The molecule has 1 unspecified atom stereocenters. The van der Waals surface area contributed by atoms with Crippen molar-refractivity contribution < 1.29 is 18.3 Å². The van der Waals surface area contributed by atoms with Crippen LogP contribution in [0.4, 0.5) is 0 Å². The molecular weight excluding hydrogens is 310 g/mol. The van der Waals surface area contributed by atoms with E-state index >= 15 is 0 Å². The van der Waals surface area contributed by atoms with Crippen molar-refractivity contribution in [2.24, 2.45) is 5.92 Å². The van der Waals surface area contributed by atoms with Gasteiger partial charge in [0, 0.05) is 12.6 Å². The van der Waals surface area contributed by atoms with E-state index in [4.69, 9.17) is 5.11 Å². The number of rotatable bonds is 4. The van der Waals surface area contributed by atoms with Crippen molar-refractivity contribution >= 4 is 27.3 Å². The Morgan fingerprint density at radius 2 is 1.95 bits per heavy atom. The molecule has 1 saturated heterocycles. The van der Waals surface area contributed by atoms with E-state index < -0.39 is 16.0 Å². The maximum absolute atomic E-state index is 12.9. The lowest BCUT2D eigenvalue weighted by molar-refractivity contribution is 0.0698. The third kappa shape index (κ3) is 2.62. The summed E-state index contributed by atoms with van der Waals surface area (Å²) in [4.78, 5) is 11.1. The highest BCUT2D eigenvalue weighted by molar-refractivity contribution is 7.89. The first kappa shape index (κ1) is 15.0. The first-order valence-corrected chi connectivity index (χ1v) is 9.66. The number of thiophene rings is 1. The fourth-order valence-corrected chi connectivity index (χ4v) is 6.65. The molecule has 1 aliphatic carbocycles. The summed E-state index contributed by atoms with van der Waals surface area (Å²) in [6.45, 7) is 0.512. The van der Waals surface area contributed by atoms with Gasteiger partial charge < -0.3 is 5.11 Å². The van der Waals surface area contributed by atoms with Crippen LogP contribution in [0.15, 0.2) is 16.3 Å². The van der Waals surface area contributed by atoms with E-state index in [1.54, 1.807) is 4.31 Å². The van der Waals surface area contributed by atoms with E-state index in [1.165, 1.54) is 24.3 Å². The van der Waals surface area contributed by atoms with E-state index in [0.29, 0.717) is 12.5 Å². The quantitative estimate of drug-likeness (QED) is 0.921. The van der Waals surface area contributed by atoms with Gasteiger partial charge in [-0.3, -0.25) is 0 Å². The molecule has 2 aliphatic rings. The summed E-state index contributed by atoms with van der Waals surface area (Å²) in [6.07, 6.45) is 6.30. The molecule has 5 nitrogen and oxygen atoms in total. The molecule has 0 radical (unpaired) electrons. The van der Waals surface area contributed by atoms with Crippen LogP contribution in [-0.4, -0.2) is 36.4 Å². The van der Waals surface area contributed by atoms with Gasteiger partial charge in [-0.2, -0.15) is 4.31 Å². The van der Waals surface area contributed by atoms with Crippen LogP contribution in [0, 0.1) is 5.92 Å². The third-order valence-electron chi connectivity index (χ3n) is 4.60. The molecule has 0 amide bonds. The summed E-state index contributed by atoms with van der Waals surface area (Å²) in [5.41, 5.74) is 0. The normalized spacial score (nSPS) is 24.7. The summed E-state index contributed by atoms with van der Waals surface area (Å²) >= 11 is 0.971. The molecular formula is C14H19NO4S2. The predicted molar refractivity (Wildman–Crippen MR) is 80.2 cm³/mol. The Bertz CT molecular complexity index is 631. The van der Waals surface area contributed by atoms with E-state index in [9.17, 15) is 13.2 Å². The Balaban J connectivity index is 1.93. The van der Waals surface area contributed by atoms with Gasteiger partial charge in [-0.15, -0.1) is 11.3 Å². The first-order chi connectivity index (χ1) is 10.0. The minimum atomic E-state index is -3.69. The van der Waals surface area contributed by atoms with Crippen molar-refractivity contribution in [3.05, 3.63) is 16.3 Å². The first-order valence-electron chi connectivity index (χ1n) is 7.34.